The van der Waals surface area contributed by atoms with E-state index in [1.165, 1.54) is 12.1 Å². The predicted molar refractivity (Wildman–Crippen MR) is 64.3 cm³/mol. The summed E-state index contributed by atoms with van der Waals surface area (Å²) >= 11 is 0. The smallest absolute Gasteiger partial charge is 0.411 e. The molecule has 0 amide bonds. The molecule has 0 heterocycles. The van der Waals surface area contributed by atoms with Crippen molar-refractivity contribution in [1.82, 2.24) is 0 Å². The second-order valence-corrected chi connectivity index (χ2v) is 9.45. The Kier molecular flexibility index (Phi) is 4.04. The van der Waals surface area contributed by atoms with Crippen LogP contribution in [0.15, 0.2) is 24.3 Å². The van der Waals surface area contributed by atoms with Gasteiger partial charge in [0.25, 0.3) is 0 Å². The maximum atomic E-state index is 12.4. The van der Waals surface area contributed by atoms with Gasteiger partial charge in [-0.05, 0) is 44.3 Å². The average Bonchev–Trinajstić information content (AvgIpc) is 2.14. The Morgan fingerprint density at radius 1 is 1.06 bits per heavy atom. The van der Waals surface area contributed by atoms with E-state index in [4.69, 9.17) is 4.43 Å². The van der Waals surface area contributed by atoms with Crippen LogP contribution in [-0.4, -0.2) is 8.32 Å². The quantitative estimate of drug-likeness (QED) is 0.722. The van der Waals surface area contributed by atoms with Crippen LogP contribution in [0.1, 0.15) is 24.2 Å². The third-order valence-electron chi connectivity index (χ3n) is 2.24. The van der Waals surface area contributed by atoms with Gasteiger partial charge in [-0.15, -0.1) is 0 Å². The minimum absolute atomic E-state index is 0.163. The Morgan fingerprint density at radius 3 is 1.88 bits per heavy atom. The highest BCUT2D eigenvalue weighted by atomic mass is 28.4. The lowest BCUT2D eigenvalue weighted by Gasteiger charge is -2.24. The Hall–Kier alpha value is -0.813. The molecule has 17 heavy (non-hydrogen) atoms. The van der Waals surface area contributed by atoms with Crippen LogP contribution >= 0.6 is 0 Å². The lowest BCUT2D eigenvalue weighted by Crippen LogP contribution is -2.26. The van der Waals surface area contributed by atoms with Crippen molar-refractivity contribution in [3.05, 3.63) is 35.4 Å². The molecule has 1 atom stereocenters. The zero-order valence-corrected chi connectivity index (χ0v) is 11.4. The van der Waals surface area contributed by atoms with E-state index in [-0.39, 0.29) is 6.10 Å². The highest BCUT2D eigenvalue weighted by Crippen LogP contribution is 2.30. The Labute approximate surface area is 101 Å². The predicted octanol–water partition coefficient (Wildman–Crippen LogP) is 4.62. The highest BCUT2D eigenvalue weighted by molar-refractivity contribution is 6.69. The van der Waals surface area contributed by atoms with Gasteiger partial charge in [0.05, 0.1) is 11.7 Å². The van der Waals surface area contributed by atoms with Gasteiger partial charge in [-0.1, -0.05) is 12.1 Å². The molecule has 0 aromatic heterocycles. The van der Waals surface area contributed by atoms with Crippen LogP contribution in [0.2, 0.25) is 19.6 Å². The molecule has 0 N–H and O–H groups in total. The second kappa shape index (κ2) is 4.82. The first-order valence-electron chi connectivity index (χ1n) is 5.44. The van der Waals surface area contributed by atoms with Gasteiger partial charge < -0.3 is 4.43 Å². The van der Waals surface area contributed by atoms with Gasteiger partial charge in [0, 0.05) is 0 Å². The monoisotopic (exact) mass is 262 g/mol. The van der Waals surface area contributed by atoms with Gasteiger partial charge in [-0.3, -0.25) is 0 Å². The number of benzene rings is 1. The van der Waals surface area contributed by atoms with E-state index in [0.717, 1.165) is 17.7 Å². The van der Waals surface area contributed by atoms with Gasteiger partial charge in [0.2, 0.25) is 0 Å². The van der Waals surface area contributed by atoms with Crippen LogP contribution in [0.25, 0.3) is 0 Å². The Bertz CT molecular complexity index is 365. The molecule has 1 aromatic rings. The number of hydrogen-bond donors (Lipinski definition) is 0. The molecule has 0 aliphatic carbocycles. The van der Waals surface area contributed by atoms with E-state index in [2.05, 4.69) is 0 Å². The Balaban J connectivity index is 2.81. The van der Waals surface area contributed by atoms with E-state index >= 15 is 0 Å². The molecule has 5 heteroatoms. The van der Waals surface area contributed by atoms with Crippen LogP contribution in [0.3, 0.4) is 0 Å². The molecular formula is C12H17F3OSi. The summed E-state index contributed by atoms with van der Waals surface area (Å²) < 4.78 is 42.9. The van der Waals surface area contributed by atoms with E-state index in [0.29, 0.717) is 0 Å². The first-order chi connectivity index (χ1) is 7.59. The molecular weight excluding hydrogens is 245 g/mol. The maximum Gasteiger partial charge on any atom is 0.416 e. The zero-order chi connectivity index (χ0) is 13.3. The summed E-state index contributed by atoms with van der Waals surface area (Å²) in [6.07, 6.45) is -4.44. The molecule has 0 bridgehead atoms. The summed E-state index contributed by atoms with van der Waals surface area (Å²) in [5.41, 5.74) is 0.155. The topological polar surface area (TPSA) is 9.23 Å². The van der Waals surface area contributed by atoms with Crippen molar-refractivity contribution in [2.24, 2.45) is 0 Å². The van der Waals surface area contributed by atoms with Gasteiger partial charge >= 0.3 is 6.18 Å². The highest BCUT2D eigenvalue weighted by Gasteiger charge is 2.30. The second-order valence-electron chi connectivity index (χ2n) is 4.99. The summed E-state index contributed by atoms with van der Waals surface area (Å²) in [6, 6.07) is 5.15. The fourth-order valence-corrected chi connectivity index (χ4v) is 2.74. The van der Waals surface area contributed by atoms with Crippen molar-refractivity contribution in [3.63, 3.8) is 0 Å². The van der Waals surface area contributed by atoms with E-state index in [1.54, 1.807) is 0 Å². The van der Waals surface area contributed by atoms with Crippen LogP contribution in [0.4, 0.5) is 13.2 Å². The fraction of sp³-hybridized carbons (Fsp3) is 0.500. The van der Waals surface area contributed by atoms with Crippen molar-refractivity contribution >= 4 is 8.32 Å². The van der Waals surface area contributed by atoms with Gasteiger partial charge in [0.15, 0.2) is 8.32 Å². The van der Waals surface area contributed by atoms with Crippen molar-refractivity contribution < 1.29 is 17.6 Å². The Morgan fingerprint density at radius 2 is 1.53 bits per heavy atom. The van der Waals surface area contributed by atoms with Gasteiger partial charge in [0.1, 0.15) is 0 Å². The molecule has 0 radical (unpaired) electrons. The first kappa shape index (κ1) is 14.2. The third-order valence-corrected chi connectivity index (χ3v) is 3.30. The molecule has 0 saturated heterocycles. The zero-order valence-electron chi connectivity index (χ0n) is 10.4. The molecule has 0 aliphatic rings. The number of alkyl halides is 3. The molecule has 0 aliphatic heterocycles. The van der Waals surface area contributed by atoms with Gasteiger partial charge in [-0.25, -0.2) is 0 Å². The first-order valence-corrected chi connectivity index (χ1v) is 8.85. The molecule has 1 aromatic carbocycles. The van der Waals surface area contributed by atoms with E-state index in [9.17, 15) is 13.2 Å². The lowest BCUT2D eigenvalue weighted by molar-refractivity contribution is -0.137. The largest absolute Gasteiger partial charge is 0.416 e. The van der Waals surface area contributed by atoms with Crippen LogP contribution in [0, 0.1) is 0 Å². The molecule has 0 saturated carbocycles. The molecule has 1 rings (SSSR count). The van der Waals surface area contributed by atoms with E-state index < -0.39 is 20.1 Å². The number of rotatable bonds is 3. The molecule has 0 fully saturated rings. The fourth-order valence-electron chi connectivity index (χ4n) is 1.54. The third kappa shape index (κ3) is 4.51. The summed E-state index contributed by atoms with van der Waals surface area (Å²) in [5.74, 6) is 0. The van der Waals surface area contributed by atoms with Crippen molar-refractivity contribution in [2.75, 3.05) is 0 Å². The minimum Gasteiger partial charge on any atom is -0.411 e. The minimum atomic E-state index is -4.28. The SMILES string of the molecule is CC(O[Si](C)(C)C)c1ccc(C(F)(F)F)cc1. The average molecular weight is 262 g/mol. The molecule has 96 valence electrons. The molecule has 1 unspecified atom stereocenters. The normalized spacial score (nSPS) is 14.8. The molecule has 1 nitrogen and oxygen atoms in total. The number of hydrogen-bond acceptors (Lipinski definition) is 1. The van der Waals surface area contributed by atoms with Crippen LogP contribution < -0.4 is 0 Å². The standard InChI is InChI=1S/C12H17F3OSi/c1-9(16-17(2,3)4)10-5-7-11(8-6-10)12(13,14)15/h5-9H,1-4H3. The number of halogens is 3. The summed E-state index contributed by atoms with van der Waals surface area (Å²) in [7, 11) is -1.68. The van der Waals surface area contributed by atoms with E-state index in [1.807, 2.05) is 26.6 Å². The molecule has 0 spiro atoms. The maximum absolute atomic E-state index is 12.4. The van der Waals surface area contributed by atoms with Gasteiger partial charge in [-0.2, -0.15) is 13.2 Å². The van der Waals surface area contributed by atoms with Crippen molar-refractivity contribution in [2.45, 2.75) is 38.8 Å². The van der Waals surface area contributed by atoms with Crippen LogP contribution in [-0.2, 0) is 10.6 Å². The van der Waals surface area contributed by atoms with Crippen LogP contribution in [0.5, 0.6) is 0 Å². The van der Waals surface area contributed by atoms with Crippen molar-refractivity contribution in [1.29, 1.82) is 0 Å². The summed E-state index contributed by atoms with van der Waals surface area (Å²) in [6.45, 7) is 8.01. The summed E-state index contributed by atoms with van der Waals surface area (Å²) in [5, 5.41) is 0. The lowest BCUT2D eigenvalue weighted by atomic mass is 10.1. The van der Waals surface area contributed by atoms with Crippen molar-refractivity contribution in [3.8, 4) is 0 Å². The summed E-state index contributed by atoms with van der Waals surface area (Å²) in [4.78, 5) is 0.